The number of nitrogens with zero attached hydrogens (tertiary/aromatic N) is 4. The maximum absolute atomic E-state index is 13.7. The van der Waals surface area contributed by atoms with E-state index in [0.717, 1.165) is 23.3 Å². The fourth-order valence-corrected chi connectivity index (χ4v) is 6.20. The third-order valence-electron chi connectivity index (χ3n) is 7.52. The first kappa shape index (κ1) is 30.0. The average molecular weight is 603 g/mol. The van der Waals surface area contributed by atoms with Crippen molar-refractivity contribution < 1.29 is 29.0 Å². The van der Waals surface area contributed by atoms with Gasteiger partial charge in [0.25, 0.3) is 5.78 Å². The molecule has 0 spiro atoms. The summed E-state index contributed by atoms with van der Waals surface area (Å²) >= 11 is 1.03. The minimum atomic E-state index is -1.07. The lowest BCUT2D eigenvalue weighted by atomic mass is 9.96. The summed E-state index contributed by atoms with van der Waals surface area (Å²) in [5, 5.41) is 11.9. The van der Waals surface area contributed by atoms with Gasteiger partial charge >= 0.3 is 5.91 Å². The standard InChI is InChI=1S/C32H34N4O6S/c1-16(2)12-14-42-22-11-10-21(15-23(22)41-7)26-24(27(38)25-19(5)35-13-8-9-17(3)30(35)34-25)28(39)31(40)36(26)32-33-18(4)29(43-32)20(6)37/h8-11,13,15-16,26,38H,12,14H2,1-7H3/b27-24+. The molecule has 11 heteroatoms. The number of benzene rings is 1. The van der Waals surface area contributed by atoms with Gasteiger partial charge in [-0.2, -0.15) is 0 Å². The van der Waals surface area contributed by atoms with E-state index in [1.54, 1.807) is 32.0 Å². The van der Waals surface area contributed by atoms with E-state index in [9.17, 15) is 19.5 Å². The number of aromatic nitrogens is 3. The molecule has 3 aromatic heterocycles. The molecule has 1 unspecified atom stereocenters. The van der Waals surface area contributed by atoms with Gasteiger partial charge in [0.05, 0.1) is 41.6 Å². The Hall–Kier alpha value is -4.51. The van der Waals surface area contributed by atoms with E-state index >= 15 is 0 Å². The van der Waals surface area contributed by atoms with Crippen molar-refractivity contribution in [2.24, 2.45) is 5.92 Å². The van der Waals surface area contributed by atoms with Crippen LogP contribution < -0.4 is 14.4 Å². The molecule has 43 heavy (non-hydrogen) atoms. The molecule has 224 valence electrons. The zero-order valence-corrected chi connectivity index (χ0v) is 26.0. The number of hydrogen-bond acceptors (Lipinski definition) is 9. The minimum absolute atomic E-state index is 0.137. The number of amides is 1. The molecule has 1 aromatic carbocycles. The molecule has 0 bridgehead atoms. The van der Waals surface area contributed by atoms with Crippen molar-refractivity contribution in [3.63, 3.8) is 0 Å². The number of anilines is 1. The van der Waals surface area contributed by atoms with Gasteiger partial charge in [-0.3, -0.25) is 19.3 Å². The molecule has 1 atom stereocenters. The van der Waals surface area contributed by atoms with Crippen molar-refractivity contribution >= 4 is 45.3 Å². The lowest BCUT2D eigenvalue weighted by molar-refractivity contribution is -0.132. The highest BCUT2D eigenvalue weighted by Crippen LogP contribution is 2.45. The van der Waals surface area contributed by atoms with Crippen molar-refractivity contribution in [2.45, 2.75) is 54.0 Å². The number of carbonyl (C=O) groups is 3. The van der Waals surface area contributed by atoms with Gasteiger partial charge < -0.3 is 19.0 Å². The highest BCUT2D eigenvalue weighted by atomic mass is 32.1. The van der Waals surface area contributed by atoms with E-state index in [4.69, 9.17) is 9.47 Å². The molecule has 0 saturated carbocycles. The molecule has 1 N–H and O–H groups in total. The van der Waals surface area contributed by atoms with Gasteiger partial charge in [-0.25, -0.2) is 9.97 Å². The summed E-state index contributed by atoms with van der Waals surface area (Å²) in [7, 11) is 1.51. The SMILES string of the molecule is COc1cc(C2/C(=C(\O)c3nc4c(C)cccn4c3C)C(=O)C(=O)N2c2nc(C)c(C(C)=O)s2)ccc1OCCC(C)C. The summed E-state index contributed by atoms with van der Waals surface area (Å²) in [5.74, 6) is -0.977. The predicted octanol–water partition coefficient (Wildman–Crippen LogP) is 5.98. The topological polar surface area (TPSA) is 123 Å². The van der Waals surface area contributed by atoms with Gasteiger partial charge in [0.15, 0.2) is 28.2 Å². The number of imidazole rings is 1. The van der Waals surface area contributed by atoms with Gasteiger partial charge in [0.2, 0.25) is 0 Å². The first-order valence-corrected chi connectivity index (χ1v) is 14.8. The predicted molar refractivity (Wildman–Crippen MR) is 164 cm³/mol. The van der Waals surface area contributed by atoms with Gasteiger partial charge in [-0.15, -0.1) is 0 Å². The molecule has 5 rings (SSSR count). The molecule has 1 saturated heterocycles. The van der Waals surface area contributed by atoms with E-state index in [2.05, 4.69) is 23.8 Å². The molecule has 1 aliphatic heterocycles. The van der Waals surface area contributed by atoms with Crippen LogP contribution in [0, 0.1) is 26.7 Å². The zero-order valence-electron chi connectivity index (χ0n) is 25.2. The van der Waals surface area contributed by atoms with Crippen LogP contribution in [0.2, 0.25) is 0 Å². The highest BCUT2D eigenvalue weighted by molar-refractivity contribution is 7.18. The van der Waals surface area contributed by atoms with E-state index in [1.165, 1.54) is 18.9 Å². The van der Waals surface area contributed by atoms with Crippen LogP contribution in [0.25, 0.3) is 11.4 Å². The second-order valence-corrected chi connectivity index (χ2v) is 12.0. The Labute approximate surface area is 253 Å². The molecule has 0 radical (unpaired) electrons. The Kier molecular flexibility index (Phi) is 8.11. The van der Waals surface area contributed by atoms with Crippen LogP contribution in [0.4, 0.5) is 5.13 Å². The Morgan fingerprint density at radius 3 is 2.49 bits per heavy atom. The quantitative estimate of drug-likeness (QED) is 0.107. The summed E-state index contributed by atoms with van der Waals surface area (Å²) in [4.78, 5) is 50.5. The Balaban J connectivity index is 1.71. The summed E-state index contributed by atoms with van der Waals surface area (Å²) in [5.41, 5.74) is 3.11. The molecule has 0 aliphatic carbocycles. The van der Waals surface area contributed by atoms with Crippen LogP contribution in [-0.2, 0) is 9.59 Å². The number of aliphatic hydroxyl groups excluding tert-OH is 1. The highest BCUT2D eigenvalue weighted by Gasteiger charge is 2.49. The molecule has 1 aliphatic rings. The lowest BCUT2D eigenvalue weighted by Crippen LogP contribution is -2.29. The average Bonchev–Trinajstić information content (AvgIpc) is 3.60. The molecule has 1 amide bonds. The van der Waals surface area contributed by atoms with Crippen molar-refractivity contribution in [1.29, 1.82) is 0 Å². The van der Waals surface area contributed by atoms with E-state index < -0.39 is 23.5 Å². The van der Waals surface area contributed by atoms with Crippen molar-refractivity contribution in [1.82, 2.24) is 14.4 Å². The Bertz CT molecular complexity index is 1800. The number of hydrogen-bond donors (Lipinski definition) is 1. The maximum Gasteiger partial charge on any atom is 0.301 e. The molecule has 4 aromatic rings. The van der Waals surface area contributed by atoms with Gasteiger partial charge in [0, 0.05) is 13.1 Å². The second kappa shape index (κ2) is 11.6. The van der Waals surface area contributed by atoms with Crippen molar-refractivity contribution in [3.8, 4) is 11.5 Å². The first-order chi connectivity index (χ1) is 20.4. The van der Waals surface area contributed by atoms with Gasteiger partial charge in [-0.1, -0.05) is 37.3 Å². The van der Waals surface area contributed by atoms with Crippen LogP contribution in [0.5, 0.6) is 11.5 Å². The minimum Gasteiger partial charge on any atom is -0.505 e. The summed E-state index contributed by atoms with van der Waals surface area (Å²) in [6, 6.07) is 7.84. The van der Waals surface area contributed by atoms with Crippen LogP contribution in [0.15, 0.2) is 42.1 Å². The smallest absolute Gasteiger partial charge is 0.301 e. The third-order valence-corrected chi connectivity index (χ3v) is 8.78. The number of pyridine rings is 1. The van der Waals surface area contributed by atoms with Crippen LogP contribution >= 0.6 is 11.3 Å². The Morgan fingerprint density at radius 1 is 1.12 bits per heavy atom. The van der Waals surface area contributed by atoms with Crippen molar-refractivity contribution in [2.75, 3.05) is 18.6 Å². The number of rotatable bonds is 9. The van der Waals surface area contributed by atoms with E-state index in [1.807, 2.05) is 29.7 Å². The lowest BCUT2D eigenvalue weighted by Gasteiger charge is -2.24. The number of methoxy groups -OCH3 is 1. The summed E-state index contributed by atoms with van der Waals surface area (Å²) in [6.45, 7) is 11.5. The number of aliphatic hydroxyl groups is 1. The normalized spacial score (nSPS) is 16.5. The number of Topliss-reactive ketones (excluding diaryl/α,β-unsaturated/α-hetero) is 2. The first-order valence-electron chi connectivity index (χ1n) is 14.0. The molecule has 4 heterocycles. The van der Waals surface area contributed by atoms with E-state index in [-0.39, 0.29) is 22.2 Å². The third kappa shape index (κ3) is 5.29. The van der Waals surface area contributed by atoms with Crippen LogP contribution in [-0.4, -0.2) is 50.7 Å². The zero-order chi connectivity index (χ0) is 31.2. The number of ketones is 2. The molecule has 10 nitrogen and oxygen atoms in total. The largest absolute Gasteiger partial charge is 0.505 e. The number of carbonyl (C=O) groups excluding carboxylic acids is 3. The number of thiazole rings is 1. The fourth-order valence-electron chi connectivity index (χ4n) is 5.21. The summed E-state index contributed by atoms with van der Waals surface area (Å²) < 4.78 is 13.4. The fraction of sp³-hybridized carbons (Fsp3) is 0.344. The molecule has 1 fully saturated rings. The van der Waals surface area contributed by atoms with Crippen LogP contribution in [0.1, 0.15) is 71.1 Å². The second-order valence-electron chi connectivity index (χ2n) is 11.0. The van der Waals surface area contributed by atoms with Crippen LogP contribution in [0.3, 0.4) is 0 Å². The Morgan fingerprint density at radius 2 is 1.86 bits per heavy atom. The number of ether oxygens (including phenoxy) is 2. The molecular weight excluding hydrogens is 568 g/mol. The van der Waals surface area contributed by atoms with Gasteiger partial charge in [-0.05, 0) is 62.4 Å². The number of fused-ring (bicyclic) bond motifs is 1. The number of aryl methyl sites for hydroxylation is 3. The molecular formula is C32H34N4O6S. The maximum atomic E-state index is 13.7. The monoisotopic (exact) mass is 602 g/mol. The summed E-state index contributed by atoms with van der Waals surface area (Å²) in [6.07, 6.45) is 2.67. The van der Waals surface area contributed by atoms with Gasteiger partial charge in [0.1, 0.15) is 11.3 Å². The van der Waals surface area contributed by atoms with E-state index in [0.29, 0.717) is 51.5 Å². The van der Waals surface area contributed by atoms with Crippen molar-refractivity contribution in [3.05, 3.63) is 75.2 Å².